The molecule has 3 fully saturated rings. The van der Waals surface area contributed by atoms with Gasteiger partial charge in [-0.1, -0.05) is 12.1 Å². The first-order valence-corrected chi connectivity index (χ1v) is 12.1. The van der Waals surface area contributed by atoms with Gasteiger partial charge >= 0.3 is 11.9 Å². The zero-order valence-corrected chi connectivity index (χ0v) is 19.4. The van der Waals surface area contributed by atoms with Crippen molar-refractivity contribution >= 4 is 34.5 Å². The SMILES string of the molecule is NCc1ccc(C(=O)OC2CC3C4CCC(C4)C3C2OC(=O)c2ccc(I)cc2)cc1. The zero-order valence-electron chi connectivity index (χ0n) is 17.2. The summed E-state index contributed by atoms with van der Waals surface area (Å²) in [6.07, 6.45) is 3.65. The van der Waals surface area contributed by atoms with E-state index in [1.807, 2.05) is 24.3 Å². The van der Waals surface area contributed by atoms with Gasteiger partial charge in [-0.25, -0.2) is 9.59 Å². The van der Waals surface area contributed by atoms with Gasteiger partial charge in [-0.15, -0.1) is 0 Å². The summed E-state index contributed by atoms with van der Waals surface area (Å²) in [5.41, 5.74) is 7.65. The molecular weight excluding hydrogens is 505 g/mol. The molecule has 5 nitrogen and oxygen atoms in total. The number of benzene rings is 2. The van der Waals surface area contributed by atoms with E-state index < -0.39 is 6.10 Å². The second-order valence-corrected chi connectivity index (χ2v) is 10.3. The molecule has 3 aliphatic carbocycles. The van der Waals surface area contributed by atoms with E-state index in [4.69, 9.17) is 15.2 Å². The molecule has 3 saturated carbocycles. The number of hydrogen-bond acceptors (Lipinski definition) is 5. The molecule has 0 aromatic heterocycles. The lowest BCUT2D eigenvalue weighted by atomic mass is 9.81. The van der Waals surface area contributed by atoms with Crippen molar-refractivity contribution in [2.45, 2.75) is 44.4 Å². The lowest BCUT2D eigenvalue weighted by molar-refractivity contribution is -0.0416. The molecule has 2 aromatic carbocycles. The van der Waals surface area contributed by atoms with Crippen LogP contribution >= 0.6 is 22.6 Å². The van der Waals surface area contributed by atoms with Crippen LogP contribution in [0.5, 0.6) is 0 Å². The monoisotopic (exact) mass is 531 g/mol. The van der Waals surface area contributed by atoms with Gasteiger partial charge in [0.05, 0.1) is 11.1 Å². The van der Waals surface area contributed by atoms with E-state index in [1.54, 1.807) is 24.3 Å². The molecule has 6 atom stereocenters. The Balaban J connectivity index is 1.35. The minimum Gasteiger partial charge on any atom is -0.455 e. The minimum atomic E-state index is -0.395. The summed E-state index contributed by atoms with van der Waals surface area (Å²) in [5.74, 6) is 1.31. The molecule has 0 radical (unpaired) electrons. The maximum Gasteiger partial charge on any atom is 0.338 e. The molecule has 0 aliphatic heterocycles. The molecule has 6 unspecified atom stereocenters. The van der Waals surface area contributed by atoms with Gasteiger partial charge in [0.1, 0.15) is 12.2 Å². The van der Waals surface area contributed by atoms with Crippen LogP contribution in [0.25, 0.3) is 0 Å². The summed E-state index contributed by atoms with van der Waals surface area (Å²) >= 11 is 2.21. The molecule has 5 rings (SSSR count). The third-order valence-electron chi connectivity index (χ3n) is 7.42. The Hall–Kier alpha value is -1.93. The lowest BCUT2D eigenvalue weighted by Gasteiger charge is -2.29. The van der Waals surface area contributed by atoms with Crippen LogP contribution in [0, 0.1) is 27.2 Å². The Labute approximate surface area is 195 Å². The number of carbonyl (C=O) groups excluding carboxylic acids is 2. The van der Waals surface area contributed by atoms with Crippen molar-refractivity contribution in [1.29, 1.82) is 0 Å². The van der Waals surface area contributed by atoms with Crippen LogP contribution in [0.4, 0.5) is 0 Å². The first-order chi connectivity index (χ1) is 15.0. The molecule has 3 aliphatic rings. The smallest absolute Gasteiger partial charge is 0.338 e. The van der Waals surface area contributed by atoms with Crippen LogP contribution < -0.4 is 5.73 Å². The van der Waals surface area contributed by atoms with Crippen LogP contribution in [0.15, 0.2) is 48.5 Å². The second kappa shape index (κ2) is 8.54. The number of esters is 2. The zero-order chi connectivity index (χ0) is 21.5. The van der Waals surface area contributed by atoms with Crippen LogP contribution in [0.1, 0.15) is 52.0 Å². The Morgan fingerprint density at radius 1 is 0.871 bits per heavy atom. The third-order valence-corrected chi connectivity index (χ3v) is 8.13. The van der Waals surface area contributed by atoms with Crippen LogP contribution in [-0.2, 0) is 16.0 Å². The van der Waals surface area contributed by atoms with Crippen molar-refractivity contribution in [3.05, 3.63) is 68.8 Å². The molecule has 0 heterocycles. The average molecular weight is 531 g/mol. The number of carbonyl (C=O) groups is 2. The molecule has 162 valence electrons. The van der Waals surface area contributed by atoms with Crippen molar-refractivity contribution in [3.8, 4) is 0 Å². The summed E-state index contributed by atoms with van der Waals surface area (Å²) in [5, 5.41) is 0. The van der Waals surface area contributed by atoms with Crippen LogP contribution in [-0.4, -0.2) is 24.1 Å². The molecule has 0 saturated heterocycles. The number of ether oxygens (including phenoxy) is 2. The highest BCUT2D eigenvalue weighted by Crippen LogP contribution is 2.60. The summed E-state index contributed by atoms with van der Waals surface area (Å²) in [6.45, 7) is 0.431. The summed E-state index contributed by atoms with van der Waals surface area (Å²) in [6, 6.07) is 14.5. The quantitative estimate of drug-likeness (QED) is 0.452. The highest BCUT2D eigenvalue weighted by atomic mass is 127. The summed E-state index contributed by atoms with van der Waals surface area (Å²) in [4.78, 5) is 25.7. The van der Waals surface area contributed by atoms with E-state index >= 15 is 0 Å². The van der Waals surface area contributed by atoms with E-state index in [0.717, 1.165) is 15.6 Å². The van der Waals surface area contributed by atoms with E-state index in [0.29, 0.717) is 41.3 Å². The van der Waals surface area contributed by atoms with Gasteiger partial charge < -0.3 is 15.2 Å². The number of rotatable bonds is 5. The lowest BCUT2D eigenvalue weighted by Crippen LogP contribution is -2.37. The minimum absolute atomic E-state index is 0.295. The fourth-order valence-electron chi connectivity index (χ4n) is 6.00. The van der Waals surface area contributed by atoms with Gasteiger partial charge in [-0.05, 0) is 108 Å². The largest absolute Gasteiger partial charge is 0.455 e. The van der Waals surface area contributed by atoms with Crippen molar-refractivity contribution in [3.63, 3.8) is 0 Å². The predicted octanol–water partition coefficient (Wildman–Crippen LogP) is 4.57. The van der Waals surface area contributed by atoms with Crippen molar-refractivity contribution in [1.82, 2.24) is 0 Å². The van der Waals surface area contributed by atoms with Crippen LogP contribution in [0.3, 0.4) is 0 Å². The predicted molar refractivity (Wildman–Crippen MR) is 124 cm³/mol. The first-order valence-electron chi connectivity index (χ1n) is 11.0. The molecule has 0 amide bonds. The third kappa shape index (κ3) is 4.00. The molecule has 6 heteroatoms. The Morgan fingerprint density at radius 3 is 2.16 bits per heavy atom. The highest BCUT2D eigenvalue weighted by Gasteiger charge is 2.59. The standard InChI is InChI=1S/C25H26INO4/c26-19-9-7-16(8-10-19)25(29)31-23-21(12-20-17-5-6-18(11-17)22(20)23)30-24(28)15-3-1-14(13-27)2-4-15/h1-4,7-10,17-18,20-23H,5-6,11-13,27H2. The van der Waals surface area contributed by atoms with Gasteiger partial charge in [0.15, 0.2) is 0 Å². The number of fused-ring (bicyclic) bond motifs is 5. The topological polar surface area (TPSA) is 78.6 Å². The van der Waals surface area contributed by atoms with Crippen molar-refractivity contribution in [2.75, 3.05) is 0 Å². The molecule has 31 heavy (non-hydrogen) atoms. The normalized spacial score (nSPS) is 30.8. The van der Waals surface area contributed by atoms with Gasteiger partial charge in [0.2, 0.25) is 0 Å². The Bertz CT molecular complexity index is 974. The van der Waals surface area contributed by atoms with Crippen molar-refractivity contribution in [2.24, 2.45) is 29.4 Å². The van der Waals surface area contributed by atoms with E-state index in [-0.39, 0.29) is 18.0 Å². The van der Waals surface area contributed by atoms with Crippen molar-refractivity contribution < 1.29 is 19.1 Å². The van der Waals surface area contributed by atoms with Gasteiger partial charge in [-0.3, -0.25) is 0 Å². The van der Waals surface area contributed by atoms with E-state index in [2.05, 4.69) is 22.6 Å². The van der Waals surface area contributed by atoms with Gasteiger partial charge in [-0.2, -0.15) is 0 Å². The van der Waals surface area contributed by atoms with Gasteiger partial charge in [0.25, 0.3) is 0 Å². The second-order valence-electron chi connectivity index (χ2n) is 9.03. The molecule has 2 aromatic rings. The van der Waals surface area contributed by atoms with E-state index in [1.165, 1.54) is 19.3 Å². The number of halogens is 1. The first kappa shape index (κ1) is 20.9. The molecular formula is C25H26INO4. The maximum absolute atomic E-state index is 12.9. The summed E-state index contributed by atoms with van der Waals surface area (Å²) in [7, 11) is 0. The Kier molecular flexibility index (Phi) is 5.77. The fraction of sp³-hybridized carbons (Fsp3) is 0.440. The van der Waals surface area contributed by atoms with E-state index in [9.17, 15) is 9.59 Å². The average Bonchev–Trinajstić information content (AvgIpc) is 3.48. The van der Waals surface area contributed by atoms with Gasteiger partial charge in [0, 0.05) is 16.0 Å². The molecule has 2 bridgehead atoms. The Morgan fingerprint density at radius 2 is 1.48 bits per heavy atom. The fourth-order valence-corrected chi connectivity index (χ4v) is 6.36. The van der Waals surface area contributed by atoms with Crippen LogP contribution in [0.2, 0.25) is 0 Å². The maximum atomic E-state index is 12.9. The highest BCUT2D eigenvalue weighted by molar-refractivity contribution is 14.1. The number of nitrogens with two attached hydrogens (primary N) is 1. The molecule has 2 N–H and O–H groups in total. The number of hydrogen-bond donors (Lipinski definition) is 1. The molecule has 0 spiro atoms. The summed E-state index contributed by atoms with van der Waals surface area (Å²) < 4.78 is 13.1.